The standard InChI is InChI=1S/C21H16Cl3FN4O.C20H21Cl2FN4O.C20H22Cl2N4O.C19H21Cl2FN4O.C19H22Cl2N4O/c22-14-10-13(6-7-17(14)25)27-21(30)29-9-3-8-28(18-4-1-2-5-19(18)29)20-15(23)11-26-12-16(20)24;21-16-10-14(4-5-18(16)23)25-20(28)27-7-1-6-26(8-9-27)19-15(13-2-3-13)11-24-12-17(19)22;21-15-3-1-4-16(11-15)24-20(27)26-8-2-7-25(9-10-26)19-17(14-5-6-14)12-23-13-18(19)22;1-2-13-11-23-12-16(21)18(13)25-6-3-7-26(9-8-25)19(27)24-14-4-5-17(22)15(20)10-14;1-2-14-12-22-13-17(21)18(14)24-7-4-8-25(10-9-24)19(26)23-16-6-3-5-15(20)11-16/h1-2,4-7,10-12H,3,8-9H2,(H,27,30);4-5,10-13H,1-3,6-9H2,(H,25,28);1,3-4,11-14H,2,5-10H2,(H,24,27);4-5,10-12H,2-3,6-9H2,1H3,(H,24,27);3,5-6,11-13H,2,4,7-10H2,1H3,(H,23,26). The Labute approximate surface area is 855 Å². The van der Waals surface area contributed by atoms with Crippen molar-refractivity contribution in [2.75, 3.05) is 174 Å². The highest BCUT2D eigenvalue weighted by molar-refractivity contribution is 6.39. The van der Waals surface area contributed by atoms with Crippen molar-refractivity contribution in [3.63, 3.8) is 0 Å². The number of para-hydroxylation sites is 2. The predicted octanol–water partition coefficient (Wildman–Crippen LogP) is 26.4. The molecule has 138 heavy (non-hydrogen) atoms. The number of carbonyl (C=O) groups is 5. The van der Waals surface area contributed by atoms with Gasteiger partial charge in [0.2, 0.25) is 0 Å². The molecule has 25 nitrogen and oxygen atoms in total. The molecule has 0 unspecified atom stereocenters. The fraction of sp³-hybridized carbons (Fsp3) is 0.333. The molecule has 6 aromatic carbocycles. The van der Waals surface area contributed by atoms with Crippen LogP contribution in [0.4, 0.5) is 105 Å². The molecule has 726 valence electrons. The molecule has 2 saturated carbocycles. The lowest BCUT2D eigenvalue weighted by atomic mass is 10.1. The molecule has 2 aliphatic carbocycles. The maximum Gasteiger partial charge on any atom is 0.326 e. The molecule has 10 heterocycles. The van der Waals surface area contributed by atoms with Gasteiger partial charge in [-0.15, -0.1) is 0 Å². The van der Waals surface area contributed by atoms with Gasteiger partial charge in [0.15, 0.2) is 0 Å². The number of hydrogen-bond acceptors (Lipinski definition) is 15. The van der Waals surface area contributed by atoms with Gasteiger partial charge in [-0.2, -0.15) is 0 Å². The summed E-state index contributed by atoms with van der Waals surface area (Å²) in [5.74, 6) is -0.438. The quantitative estimate of drug-likeness (QED) is 0.0680. The molecule has 0 atom stereocenters. The van der Waals surface area contributed by atoms with E-state index in [1.165, 1.54) is 91.4 Å². The van der Waals surface area contributed by atoms with E-state index in [1.54, 1.807) is 76.1 Å². The molecule has 4 saturated heterocycles. The van der Waals surface area contributed by atoms with Crippen LogP contribution < -0.4 is 56.0 Å². The van der Waals surface area contributed by atoms with Crippen LogP contribution >= 0.6 is 128 Å². The number of nitrogens with one attached hydrogen (secondary N) is 5. The number of anilines is 12. The molecule has 6 fully saturated rings. The van der Waals surface area contributed by atoms with E-state index in [0.717, 1.165) is 117 Å². The van der Waals surface area contributed by atoms with Crippen LogP contribution in [0.3, 0.4) is 0 Å². The molecule has 7 aliphatic rings. The minimum atomic E-state index is -0.545. The summed E-state index contributed by atoms with van der Waals surface area (Å²) < 4.78 is 40.0. The minimum Gasteiger partial charge on any atom is -0.368 e. The van der Waals surface area contributed by atoms with Gasteiger partial charge in [0, 0.05) is 218 Å². The molecule has 11 aromatic rings. The molecule has 0 spiro atoms. The van der Waals surface area contributed by atoms with Gasteiger partial charge in [0.1, 0.15) is 17.5 Å². The predicted molar refractivity (Wildman–Crippen MR) is 555 cm³/mol. The van der Waals surface area contributed by atoms with Crippen LogP contribution in [0.1, 0.15) is 106 Å². The normalized spacial score (nSPS) is 15.6. The number of aromatic nitrogens is 5. The molecular formula is C99H102Cl11F3N20O5. The molecule has 5 aromatic heterocycles. The van der Waals surface area contributed by atoms with E-state index in [-0.39, 0.29) is 45.2 Å². The Balaban J connectivity index is 0.000000138. The second-order valence-corrected chi connectivity index (χ2v) is 38.1. The average molecular weight is 2100 g/mol. The van der Waals surface area contributed by atoms with Crippen molar-refractivity contribution in [1.29, 1.82) is 0 Å². The van der Waals surface area contributed by atoms with Crippen LogP contribution in [0.2, 0.25) is 55.2 Å². The lowest BCUT2D eigenvalue weighted by Crippen LogP contribution is -2.38. The van der Waals surface area contributed by atoms with Crippen molar-refractivity contribution in [2.45, 2.75) is 96.3 Å². The number of urea groups is 5. The van der Waals surface area contributed by atoms with E-state index in [9.17, 15) is 37.1 Å². The van der Waals surface area contributed by atoms with Crippen molar-refractivity contribution in [1.82, 2.24) is 44.5 Å². The Hall–Kier alpha value is -10.6. The molecule has 18 rings (SSSR count). The van der Waals surface area contributed by atoms with Crippen molar-refractivity contribution in [3.05, 3.63) is 284 Å². The zero-order valence-corrected chi connectivity index (χ0v) is 83.9. The second kappa shape index (κ2) is 49.5. The summed E-state index contributed by atoms with van der Waals surface area (Å²) in [6.45, 7) is 16.6. The number of halogens is 14. The Bertz CT molecular complexity index is 6120. The van der Waals surface area contributed by atoms with Crippen LogP contribution in [0, 0.1) is 17.5 Å². The molecular weight excluding hydrogens is 2000 g/mol. The average Bonchev–Trinajstić information content (AvgIpc) is 1.62. The third kappa shape index (κ3) is 27.6. The monoisotopic (exact) mass is 2090 g/mol. The summed E-state index contributed by atoms with van der Waals surface area (Å²) in [4.78, 5) is 104. The topological polar surface area (TPSA) is 242 Å². The highest BCUT2D eigenvalue weighted by Crippen LogP contribution is 2.49. The third-order valence-corrected chi connectivity index (χ3v) is 27.1. The Kier molecular flexibility index (Phi) is 37.0. The maximum atomic E-state index is 13.4. The Morgan fingerprint density at radius 2 is 0.601 bits per heavy atom. The van der Waals surface area contributed by atoms with Crippen LogP contribution in [-0.4, -0.2) is 192 Å². The van der Waals surface area contributed by atoms with Gasteiger partial charge in [0.05, 0.1) is 85.0 Å². The van der Waals surface area contributed by atoms with Crippen LogP contribution in [-0.2, 0) is 12.8 Å². The van der Waals surface area contributed by atoms with Gasteiger partial charge in [-0.25, -0.2) is 37.1 Å². The Morgan fingerprint density at radius 1 is 0.297 bits per heavy atom. The lowest BCUT2D eigenvalue weighted by molar-refractivity contribution is 0.214. The number of carbonyl (C=O) groups excluding carboxylic acids is 5. The van der Waals surface area contributed by atoms with E-state index in [0.29, 0.717) is 177 Å². The van der Waals surface area contributed by atoms with Gasteiger partial charge in [-0.1, -0.05) is 166 Å². The van der Waals surface area contributed by atoms with Gasteiger partial charge in [-0.3, -0.25) is 29.8 Å². The van der Waals surface area contributed by atoms with Crippen molar-refractivity contribution >= 4 is 226 Å². The first kappa shape index (κ1) is 103. The summed E-state index contributed by atoms with van der Waals surface area (Å²) in [6.07, 6.45) is 28.0. The SMILES string of the molecule is CCc1cncc(Cl)c1N1CCCN(C(=O)Nc2ccc(F)c(Cl)c2)CC1.CCc1cncc(Cl)c1N1CCCN(C(=O)Nc2cccc(Cl)c2)CC1.O=C(Nc1ccc(F)c(Cl)c1)N1CCCN(c2c(Cl)cncc2C2CC2)CC1.O=C(Nc1ccc(F)c(Cl)c1)N1CCCN(c2c(Cl)cncc2Cl)c2ccccc21.O=C(Nc1cccc(Cl)c1)N1CCCN(c2c(Cl)cncc2C2CC2)CC1. The zero-order valence-electron chi connectivity index (χ0n) is 75.6. The number of amides is 10. The molecule has 5 N–H and O–H groups in total. The summed E-state index contributed by atoms with van der Waals surface area (Å²) in [6, 6.07) is 33.2. The van der Waals surface area contributed by atoms with E-state index < -0.39 is 17.5 Å². The fourth-order valence-electron chi connectivity index (χ4n) is 17.0. The maximum absolute atomic E-state index is 13.4. The first-order valence-corrected chi connectivity index (χ1v) is 49.7. The first-order chi connectivity index (χ1) is 66.7. The number of pyridine rings is 5. The molecule has 0 bridgehead atoms. The minimum absolute atomic E-state index is 0.0141. The summed E-state index contributed by atoms with van der Waals surface area (Å²) >= 11 is 67.9. The van der Waals surface area contributed by atoms with Crippen LogP contribution in [0.25, 0.3) is 0 Å². The van der Waals surface area contributed by atoms with E-state index in [2.05, 4.69) is 85.0 Å². The summed E-state index contributed by atoms with van der Waals surface area (Å²) in [5.41, 5.74) is 13.8. The number of hydrogen-bond donors (Lipinski definition) is 5. The fourth-order valence-corrected chi connectivity index (χ4v) is 19.6. The zero-order chi connectivity index (χ0) is 97.6. The van der Waals surface area contributed by atoms with Gasteiger partial charge in [-0.05, 0) is 208 Å². The highest BCUT2D eigenvalue weighted by Gasteiger charge is 2.35. The van der Waals surface area contributed by atoms with Gasteiger partial charge >= 0.3 is 30.2 Å². The van der Waals surface area contributed by atoms with Crippen molar-refractivity contribution < 1.29 is 37.1 Å². The second-order valence-electron chi connectivity index (χ2n) is 33.6. The van der Waals surface area contributed by atoms with Gasteiger partial charge < -0.3 is 70.7 Å². The van der Waals surface area contributed by atoms with E-state index in [4.69, 9.17) is 128 Å². The number of fused-ring (bicyclic) bond motifs is 1. The molecule has 10 amide bonds. The molecule has 39 heteroatoms. The third-order valence-electron chi connectivity index (χ3n) is 24.1. The van der Waals surface area contributed by atoms with Crippen LogP contribution in [0.15, 0.2) is 189 Å². The summed E-state index contributed by atoms with van der Waals surface area (Å²) in [7, 11) is 0. The highest BCUT2D eigenvalue weighted by atomic mass is 35.5. The number of nitrogens with zero attached hydrogens (tertiary/aromatic N) is 15. The summed E-state index contributed by atoms with van der Waals surface area (Å²) in [5, 5.41) is 18.8. The van der Waals surface area contributed by atoms with Crippen LogP contribution in [0.5, 0.6) is 0 Å². The van der Waals surface area contributed by atoms with Crippen molar-refractivity contribution in [2.24, 2.45) is 0 Å². The Morgan fingerprint density at radius 3 is 0.942 bits per heavy atom. The number of aryl methyl sites for hydroxylation is 2. The first-order valence-electron chi connectivity index (χ1n) is 45.5. The molecule has 0 radical (unpaired) electrons. The van der Waals surface area contributed by atoms with E-state index in [1.807, 2.05) is 88.0 Å². The lowest BCUT2D eigenvalue weighted by Gasteiger charge is -2.28. The number of rotatable bonds is 14. The molecule has 5 aliphatic heterocycles. The van der Waals surface area contributed by atoms with E-state index >= 15 is 0 Å². The van der Waals surface area contributed by atoms with Gasteiger partial charge in [0.25, 0.3) is 0 Å². The largest absolute Gasteiger partial charge is 0.368 e. The number of benzene rings is 6. The smallest absolute Gasteiger partial charge is 0.326 e. The van der Waals surface area contributed by atoms with Crippen molar-refractivity contribution in [3.8, 4) is 0 Å².